The van der Waals surface area contributed by atoms with Crippen LogP contribution in [0, 0.1) is 11.3 Å². The first-order valence-electron chi connectivity index (χ1n) is 6.69. The monoisotopic (exact) mass is 245 g/mol. The van der Waals surface area contributed by atoms with Gasteiger partial charge in [0.25, 0.3) is 0 Å². The van der Waals surface area contributed by atoms with Gasteiger partial charge in [0.15, 0.2) is 0 Å². The Hall–Kier alpha value is -1.51. The van der Waals surface area contributed by atoms with Gasteiger partial charge in [0.1, 0.15) is 5.75 Å². The second-order valence-corrected chi connectivity index (χ2v) is 5.46. The van der Waals surface area contributed by atoms with Crippen LogP contribution in [0.4, 0.5) is 0 Å². The second kappa shape index (κ2) is 4.01. The number of nitrogens with one attached hydrogen (secondary N) is 1. The molecule has 0 radical (unpaired) electrons. The quantitative estimate of drug-likeness (QED) is 0.866. The van der Waals surface area contributed by atoms with E-state index in [4.69, 9.17) is 4.74 Å². The van der Waals surface area contributed by atoms with Crippen LogP contribution in [-0.2, 0) is 4.79 Å². The molecule has 1 amide bonds. The van der Waals surface area contributed by atoms with E-state index < -0.39 is 0 Å². The third kappa shape index (κ3) is 1.88. The smallest absolute Gasteiger partial charge is 0.226 e. The molecule has 0 aromatic heterocycles. The fourth-order valence-corrected chi connectivity index (χ4v) is 2.54. The van der Waals surface area contributed by atoms with E-state index in [2.05, 4.69) is 5.32 Å². The number of rotatable bonds is 5. The van der Waals surface area contributed by atoms with E-state index in [0.717, 1.165) is 24.2 Å². The Labute approximate surface area is 108 Å². The van der Waals surface area contributed by atoms with E-state index >= 15 is 0 Å². The maximum atomic E-state index is 12.0. The normalized spacial score (nSPS) is 29.1. The highest BCUT2D eigenvalue weighted by molar-refractivity contribution is 5.90. The first-order chi connectivity index (χ1) is 8.65. The van der Waals surface area contributed by atoms with Crippen molar-refractivity contribution in [2.45, 2.75) is 32.7 Å². The molecule has 0 saturated heterocycles. The van der Waals surface area contributed by atoms with Crippen molar-refractivity contribution >= 4 is 5.91 Å². The zero-order chi connectivity index (χ0) is 12.8. The van der Waals surface area contributed by atoms with Crippen LogP contribution in [0.2, 0.25) is 0 Å². The number of amides is 1. The minimum Gasteiger partial charge on any atom is -0.494 e. The van der Waals surface area contributed by atoms with Crippen molar-refractivity contribution in [3.05, 3.63) is 29.8 Å². The summed E-state index contributed by atoms with van der Waals surface area (Å²) in [7, 11) is 0. The fourth-order valence-electron chi connectivity index (χ4n) is 2.54. The van der Waals surface area contributed by atoms with Gasteiger partial charge in [-0.2, -0.15) is 0 Å². The molecule has 2 fully saturated rings. The summed E-state index contributed by atoms with van der Waals surface area (Å²) < 4.78 is 5.48. The number of benzene rings is 1. The van der Waals surface area contributed by atoms with Crippen molar-refractivity contribution < 1.29 is 9.53 Å². The van der Waals surface area contributed by atoms with E-state index in [1.165, 1.54) is 0 Å². The maximum Gasteiger partial charge on any atom is 0.226 e. The number of fused-ring (bicyclic) bond motifs is 1. The van der Waals surface area contributed by atoms with Crippen molar-refractivity contribution in [2.24, 2.45) is 11.3 Å². The molecule has 0 aliphatic heterocycles. The number of hydrogen-bond acceptors (Lipinski definition) is 2. The average Bonchev–Trinajstić information content (AvgIpc) is 3.18. The molecule has 3 rings (SSSR count). The predicted molar refractivity (Wildman–Crippen MR) is 69.3 cm³/mol. The molecule has 1 unspecified atom stereocenters. The summed E-state index contributed by atoms with van der Waals surface area (Å²) in [4.78, 5) is 12.0. The van der Waals surface area contributed by atoms with Crippen molar-refractivity contribution in [1.29, 1.82) is 0 Å². The Bertz CT molecular complexity index is 477. The average molecular weight is 245 g/mol. The molecule has 96 valence electrons. The third-order valence-electron chi connectivity index (χ3n) is 4.15. The molecule has 0 spiro atoms. The summed E-state index contributed by atoms with van der Waals surface area (Å²) >= 11 is 0. The molecular weight excluding hydrogens is 226 g/mol. The molecule has 2 aliphatic carbocycles. The van der Waals surface area contributed by atoms with Gasteiger partial charge in [-0.15, -0.1) is 0 Å². The molecule has 0 bridgehead atoms. The molecule has 0 heterocycles. The lowest BCUT2D eigenvalue weighted by Crippen LogP contribution is -2.30. The van der Waals surface area contributed by atoms with Crippen molar-refractivity contribution in [3.63, 3.8) is 0 Å². The standard InChI is InChI=1S/C15H19NO2/c1-3-18-13-6-4-5-11(7-13)10(2)16-14(17)15-8-12(15)9-15/h4-7,10,12H,3,8-9H2,1-2H3,(H,16,17). The summed E-state index contributed by atoms with van der Waals surface area (Å²) in [6, 6.07) is 8.00. The first kappa shape index (κ1) is 11.6. The molecule has 2 saturated carbocycles. The van der Waals surface area contributed by atoms with Crippen LogP contribution < -0.4 is 10.1 Å². The fraction of sp³-hybridized carbons (Fsp3) is 0.533. The first-order valence-corrected chi connectivity index (χ1v) is 6.69. The molecule has 1 aromatic carbocycles. The zero-order valence-electron chi connectivity index (χ0n) is 10.9. The summed E-state index contributed by atoms with van der Waals surface area (Å²) in [6.07, 6.45) is 2.20. The van der Waals surface area contributed by atoms with Crippen LogP contribution in [-0.4, -0.2) is 12.5 Å². The minimum atomic E-state index is 0.0474. The van der Waals surface area contributed by atoms with Crippen LogP contribution in [0.3, 0.4) is 0 Å². The number of carbonyl (C=O) groups excluding carboxylic acids is 1. The maximum absolute atomic E-state index is 12.0. The largest absolute Gasteiger partial charge is 0.494 e. The third-order valence-corrected chi connectivity index (χ3v) is 4.15. The lowest BCUT2D eigenvalue weighted by atomic mass is 10.1. The van der Waals surface area contributed by atoms with Gasteiger partial charge in [-0.05, 0) is 50.3 Å². The Balaban J connectivity index is 1.65. The Kier molecular flexibility index (Phi) is 2.58. The van der Waals surface area contributed by atoms with Gasteiger partial charge in [-0.25, -0.2) is 0 Å². The van der Waals surface area contributed by atoms with E-state index in [9.17, 15) is 4.79 Å². The summed E-state index contributed by atoms with van der Waals surface area (Å²) in [5, 5.41) is 3.12. The number of carbonyl (C=O) groups is 1. The van der Waals surface area contributed by atoms with Crippen LogP contribution in [0.1, 0.15) is 38.3 Å². The Morgan fingerprint density at radius 2 is 2.28 bits per heavy atom. The van der Waals surface area contributed by atoms with Crippen molar-refractivity contribution in [1.82, 2.24) is 5.32 Å². The lowest BCUT2D eigenvalue weighted by molar-refractivity contribution is -0.124. The molecular formula is C15H19NO2. The summed E-state index contributed by atoms with van der Waals surface area (Å²) in [5.41, 5.74) is 1.15. The highest BCUT2D eigenvalue weighted by atomic mass is 16.5. The van der Waals surface area contributed by atoms with Crippen LogP contribution >= 0.6 is 0 Å². The van der Waals surface area contributed by atoms with Crippen LogP contribution in [0.15, 0.2) is 24.3 Å². The van der Waals surface area contributed by atoms with Gasteiger partial charge in [-0.3, -0.25) is 4.79 Å². The highest BCUT2D eigenvalue weighted by Gasteiger charge is 2.74. The molecule has 2 aliphatic rings. The number of ether oxygens (including phenoxy) is 1. The molecule has 3 heteroatoms. The van der Waals surface area contributed by atoms with E-state index in [0.29, 0.717) is 12.5 Å². The van der Waals surface area contributed by atoms with Crippen molar-refractivity contribution in [2.75, 3.05) is 6.61 Å². The second-order valence-electron chi connectivity index (χ2n) is 5.46. The van der Waals surface area contributed by atoms with E-state index in [1.807, 2.05) is 38.1 Å². The Morgan fingerprint density at radius 3 is 2.89 bits per heavy atom. The van der Waals surface area contributed by atoms with Gasteiger partial charge in [0.2, 0.25) is 5.91 Å². The molecule has 1 N–H and O–H groups in total. The van der Waals surface area contributed by atoms with Gasteiger partial charge in [-0.1, -0.05) is 12.1 Å². The number of hydrogen-bond donors (Lipinski definition) is 1. The zero-order valence-corrected chi connectivity index (χ0v) is 10.9. The predicted octanol–water partition coefficient (Wildman–Crippen LogP) is 2.67. The SMILES string of the molecule is CCOc1cccc(C(C)NC(=O)C23CC2C3)c1. The van der Waals surface area contributed by atoms with E-state index in [-0.39, 0.29) is 17.4 Å². The van der Waals surface area contributed by atoms with Crippen LogP contribution in [0.25, 0.3) is 0 Å². The topological polar surface area (TPSA) is 38.3 Å². The van der Waals surface area contributed by atoms with Gasteiger partial charge < -0.3 is 10.1 Å². The van der Waals surface area contributed by atoms with Gasteiger partial charge in [0, 0.05) is 0 Å². The van der Waals surface area contributed by atoms with E-state index in [1.54, 1.807) is 0 Å². The molecule has 18 heavy (non-hydrogen) atoms. The molecule has 1 aromatic rings. The lowest BCUT2D eigenvalue weighted by Gasteiger charge is -2.16. The molecule has 1 atom stereocenters. The van der Waals surface area contributed by atoms with Gasteiger partial charge in [0.05, 0.1) is 18.1 Å². The Morgan fingerprint density at radius 1 is 1.56 bits per heavy atom. The highest BCUT2D eigenvalue weighted by Crippen LogP contribution is 2.75. The van der Waals surface area contributed by atoms with Gasteiger partial charge >= 0.3 is 0 Å². The van der Waals surface area contributed by atoms with Crippen molar-refractivity contribution in [3.8, 4) is 5.75 Å². The summed E-state index contributed by atoms with van der Waals surface area (Å²) in [6.45, 7) is 4.66. The summed E-state index contributed by atoms with van der Waals surface area (Å²) in [5.74, 6) is 1.80. The molecule has 3 nitrogen and oxygen atoms in total. The minimum absolute atomic E-state index is 0.0474. The van der Waals surface area contributed by atoms with Crippen LogP contribution in [0.5, 0.6) is 5.75 Å².